The molecule has 0 bridgehead atoms. The third-order valence-corrected chi connectivity index (χ3v) is 4.10. The Morgan fingerprint density at radius 1 is 1.15 bits per heavy atom. The molecule has 2 aromatic rings. The lowest BCUT2D eigenvalue weighted by molar-refractivity contribution is -0.125. The van der Waals surface area contributed by atoms with Crippen LogP contribution in [0.25, 0.3) is 0 Å². The first-order valence-electron chi connectivity index (χ1n) is 8.57. The molecule has 0 spiro atoms. The van der Waals surface area contributed by atoms with Gasteiger partial charge in [-0.1, -0.05) is 44.2 Å². The molecule has 0 aliphatic carbocycles. The average molecular weight is 358 g/mol. The minimum Gasteiger partial charge on any atom is -0.483 e. The SMILES string of the molecule is CC(C)c1ccccc1OCC(=O)NC(CO)C(O)c1ccc(N)cc1. The van der Waals surface area contributed by atoms with E-state index < -0.39 is 24.7 Å². The number of amides is 1. The van der Waals surface area contributed by atoms with Crippen LogP contribution >= 0.6 is 0 Å². The van der Waals surface area contributed by atoms with Gasteiger partial charge in [0.2, 0.25) is 0 Å². The van der Waals surface area contributed by atoms with Gasteiger partial charge in [0.15, 0.2) is 6.61 Å². The van der Waals surface area contributed by atoms with Crippen LogP contribution in [0.5, 0.6) is 5.75 Å². The molecule has 2 rings (SSSR count). The molecule has 0 saturated heterocycles. The number of nitrogens with two attached hydrogens (primary N) is 1. The van der Waals surface area contributed by atoms with Crippen molar-refractivity contribution in [2.75, 3.05) is 18.9 Å². The van der Waals surface area contributed by atoms with Crippen LogP contribution < -0.4 is 15.8 Å². The number of nitrogen functional groups attached to an aromatic ring is 1. The van der Waals surface area contributed by atoms with Crippen molar-refractivity contribution in [3.8, 4) is 5.75 Å². The fourth-order valence-corrected chi connectivity index (χ4v) is 2.63. The second-order valence-corrected chi connectivity index (χ2v) is 6.45. The number of aliphatic hydroxyl groups excluding tert-OH is 2. The number of hydrogen-bond acceptors (Lipinski definition) is 5. The summed E-state index contributed by atoms with van der Waals surface area (Å²) in [4.78, 5) is 12.2. The molecular weight excluding hydrogens is 332 g/mol. The van der Waals surface area contributed by atoms with Crippen LogP contribution in [-0.2, 0) is 4.79 Å². The van der Waals surface area contributed by atoms with Crippen LogP contribution in [0.1, 0.15) is 37.0 Å². The molecule has 0 heterocycles. The summed E-state index contributed by atoms with van der Waals surface area (Å²) in [5, 5.41) is 22.5. The van der Waals surface area contributed by atoms with Gasteiger partial charge in [-0.3, -0.25) is 4.79 Å². The quantitative estimate of drug-likeness (QED) is 0.540. The summed E-state index contributed by atoms with van der Waals surface area (Å²) < 4.78 is 5.61. The Labute approximate surface area is 153 Å². The van der Waals surface area contributed by atoms with E-state index >= 15 is 0 Å². The van der Waals surface area contributed by atoms with Gasteiger partial charge in [0, 0.05) is 5.69 Å². The van der Waals surface area contributed by atoms with Crippen LogP contribution in [0.15, 0.2) is 48.5 Å². The second-order valence-electron chi connectivity index (χ2n) is 6.45. The highest BCUT2D eigenvalue weighted by molar-refractivity contribution is 5.78. The number of benzene rings is 2. The maximum Gasteiger partial charge on any atom is 0.258 e. The van der Waals surface area contributed by atoms with Crippen LogP contribution in [0.2, 0.25) is 0 Å². The zero-order chi connectivity index (χ0) is 19.1. The van der Waals surface area contributed by atoms with Crippen molar-refractivity contribution in [2.45, 2.75) is 31.9 Å². The third kappa shape index (κ3) is 5.21. The summed E-state index contributed by atoms with van der Waals surface area (Å²) >= 11 is 0. The van der Waals surface area contributed by atoms with Gasteiger partial charge in [0.1, 0.15) is 11.9 Å². The maximum atomic E-state index is 12.2. The lowest BCUT2D eigenvalue weighted by Crippen LogP contribution is -2.44. The summed E-state index contributed by atoms with van der Waals surface area (Å²) in [5.41, 5.74) is 7.77. The van der Waals surface area contributed by atoms with Gasteiger partial charge < -0.3 is 26.0 Å². The highest BCUT2D eigenvalue weighted by Crippen LogP contribution is 2.25. The molecule has 0 saturated carbocycles. The number of para-hydroxylation sites is 1. The molecule has 0 fully saturated rings. The summed E-state index contributed by atoms with van der Waals surface area (Å²) in [6, 6.07) is 13.3. The molecule has 2 unspecified atom stereocenters. The van der Waals surface area contributed by atoms with E-state index in [-0.39, 0.29) is 12.5 Å². The Balaban J connectivity index is 1.96. The van der Waals surface area contributed by atoms with Gasteiger partial charge in [-0.15, -0.1) is 0 Å². The number of carbonyl (C=O) groups excluding carboxylic acids is 1. The van der Waals surface area contributed by atoms with Crippen molar-refractivity contribution in [1.82, 2.24) is 5.32 Å². The Bertz CT molecular complexity index is 716. The first-order chi connectivity index (χ1) is 12.4. The largest absolute Gasteiger partial charge is 0.483 e. The smallest absolute Gasteiger partial charge is 0.258 e. The van der Waals surface area contributed by atoms with Crippen molar-refractivity contribution < 1.29 is 19.7 Å². The minimum absolute atomic E-state index is 0.200. The lowest BCUT2D eigenvalue weighted by atomic mass is 10.0. The van der Waals surface area contributed by atoms with Gasteiger partial charge in [0.05, 0.1) is 12.6 Å². The Hall–Kier alpha value is -2.57. The Morgan fingerprint density at radius 3 is 2.42 bits per heavy atom. The Morgan fingerprint density at radius 2 is 1.81 bits per heavy atom. The van der Waals surface area contributed by atoms with Gasteiger partial charge >= 0.3 is 0 Å². The van der Waals surface area contributed by atoms with E-state index in [1.165, 1.54) is 0 Å². The normalized spacial score (nSPS) is 13.3. The molecule has 0 aromatic heterocycles. The van der Waals surface area contributed by atoms with E-state index in [1.807, 2.05) is 38.1 Å². The van der Waals surface area contributed by atoms with Gasteiger partial charge in [-0.25, -0.2) is 0 Å². The number of anilines is 1. The van der Waals surface area contributed by atoms with E-state index in [0.29, 0.717) is 17.0 Å². The van der Waals surface area contributed by atoms with E-state index in [4.69, 9.17) is 10.5 Å². The standard InChI is InChI=1S/C20H26N2O4/c1-13(2)16-5-3-4-6-18(16)26-12-19(24)22-17(11-23)20(25)14-7-9-15(21)10-8-14/h3-10,13,17,20,23,25H,11-12,21H2,1-2H3,(H,22,24). The number of carbonyl (C=O) groups is 1. The van der Waals surface area contributed by atoms with Crippen LogP contribution in [0.3, 0.4) is 0 Å². The number of ether oxygens (including phenoxy) is 1. The van der Waals surface area contributed by atoms with E-state index in [0.717, 1.165) is 5.56 Å². The molecule has 6 heteroatoms. The molecule has 0 aliphatic heterocycles. The monoisotopic (exact) mass is 358 g/mol. The van der Waals surface area contributed by atoms with Crippen molar-refractivity contribution in [2.24, 2.45) is 0 Å². The molecule has 0 radical (unpaired) electrons. The van der Waals surface area contributed by atoms with E-state index in [1.54, 1.807) is 24.3 Å². The topological polar surface area (TPSA) is 105 Å². The molecule has 1 amide bonds. The molecule has 26 heavy (non-hydrogen) atoms. The molecule has 5 N–H and O–H groups in total. The molecule has 0 aliphatic rings. The summed E-state index contributed by atoms with van der Waals surface area (Å²) in [7, 11) is 0. The number of nitrogens with one attached hydrogen (secondary N) is 1. The zero-order valence-corrected chi connectivity index (χ0v) is 15.1. The zero-order valence-electron chi connectivity index (χ0n) is 15.1. The van der Waals surface area contributed by atoms with Crippen molar-refractivity contribution in [3.05, 3.63) is 59.7 Å². The molecule has 2 aromatic carbocycles. The predicted octanol–water partition coefficient (Wildman–Crippen LogP) is 1.98. The fraction of sp³-hybridized carbons (Fsp3) is 0.350. The van der Waals surface area contributed by atoms with E-state index in [9.17, 15) is 15.0 Å². The van der Waals surface area contributed by atoms with Gasteiger partial charge in [-0.2, -0.15) is 0 Å². The molecule has 6 nitrogen and oxygen atoms in total. The van der Waals surface area contributed by atoms with Crippen molar-refractivity contribution in [1.29, 1.82) is 0 Å². The van der Waals surface area contributed by atoms with Crippen LogP contribution in [-0.4, -0.2) is 35.4 Å². The van der Waals surface area contributed by atoms with Crippen molar-refractivity contribution in [3.63, 3.8) is 0 Å². The van der Waals surface area contributed by atoms with E-state index in [2.05, 4.69) is 5.32 Å². The predicted molar refractivity (Wildman–Crippen MR) is 101 cm³/mol. The molecule has 140 valence electrons. The second kappa shape index (κ2) is 9.22. The average Bonchev–Trinajstić information content (AvgIpc) is 2.64. The lowest BCUT2D eigenvalue weighted by Gasteiger charge is -2.23. The third-order valence-electron chi connectivity index (χ3n) is 4.10. The summed E-state index contributed by atoms with van der Waals surface area (Å²) in [6.45, 7) is 3.49. The summed E-state index contributed by atoms with van der Waals surface area (Å²) in [6.07, 6.45) is -1.05. The van der Waals surface area contributed by atoms with Crippen LogP contribution in [0, 0.1) is 0 Å². The fourth-order valence-electron chi connectivity index (χ4n) is 2.63. The minimum atomic E-state index is -1.05. The maximum absolute atomic E-state index is 12.2. The molecule has 2 atom stereocenters. The van der Waals surface area contributed by atoms with Gasteiger partial charge in [-0.05, 0) is 35.2 Å². The Kier molecular flexibility index (Phi) is 7.00. The molecular formula is C20H26N2O4. The highest BCUT2D eigenvalue weighted by atomic mass is 16.5. The first kappa shape index (κ1) is 19.8. The highest BCUT2D eigenvalue weighted by Gasteiger charge is 2.22. The summed E-state index contributed by atoms with van der Waals surface area (Å²) in [5.74, 6) is 0.501. The van der Waals surface area contributed by atoms with Crippen molar-refractivity contribution >= 4 is 11.6 Å². The number of aliphatic hydroxyl groups is 2. The number of rotatable bonds is 8. The van der Waals surface area contributed by atoms with Gasteiger partial charge in [0.25, 0.3) is 5.91 Å². The first-order valence-corrected chi connectivity index (χ1v) is 8.57. The number of hydrogen-bond donors (Lipinski definition) is 4. The van der Waals surface area contributed by atoms with Crippen LogP contribution in [0.4, 0.5) is 5.69 Å².